The summed E-state index contributed by atoms with van der Waals surface area (Å²) in [5, 5.41) is 0. The van der Waals surface area contributed by atoms with Crippen molar-refractivity contribution in [2.45, 2.75) is 12.5 Å². The zero-order chi connectivity index (χ0) is 12.7. The van der Waals surface area contributed by atoms with Gasteiger partial charge in [-0.25, -0.2) is 4.79 Å². The van der Waals surface area contributed by atoms with Crippen LogP contribution in [0.25, 0.3) is 0 Å². The lowest BCUT2D eigenvalue weighted by Crippen LogP contribution is -2.54. The lowest BCUT2D eigenvalue weighted by molar-refractivity contribution is -0.147. The molecular formula is C10H11NO5S. The van der Waals surface area contributed by atoms with Crippen LogP contribution >= 0.6 is 0 Å². The van der Waals surface area contributed by atoms with Gasteiger partial charge in [0.25, 0.3) is 0 Å². The average molecular weight is 257 g/mol. The van der Waals surface area contributed by atoms with Crippen LogP contribution in [0.1, 0.15) is 12.5 Å². The summed E-state index contributed by atoms with van der Waals surface area (Å²) in [4.78, 5) is 11.7. The van der Waals surface area contributed by atoms with Gasteiger partial charge < -0.3 is 8.92 Å². The highest BCUT2D eigenvalue weighted by atomic mass is 32.2. The molecule has 1 aromatic carbocycles. The fourth-order valence-corrected chi connectivity index (χ4v) is 2.87. The molecule has 1 aliphatic heterocycles. The lowest BCUT2D eigenvalue weighted by atomic mass is 9.92. The largest absolute Gasteiger partial charge is 0.467 e. The quantitative estimate of drug-likeness (QED) is 0.732. The third-order valence-electron chi connectivity index (χ3n) is 2.55. The molecule has 0 aromatic heterocycles. The number of nitrogens with one attached hydrogen (secondary N) is 1. The number of esters is 1. The normalized spacial score (nSPS) is 25.5. The second-order valence-corrected chi connectivity index (χ2v) is 5.03. The average Bonchev–Trinajstić information content (AvgIpc) is 2.26. The third kappa shape index (κ3) is 1.87. The van der Waals surface area contributed by atoms with Gasteiger partial charge in [-0.1, -0.05) is 18.2 Å². The van der Waals surface area contributed by atoms with Crippen LogP contribution in [-0.2, 0) is 25.4 Å². The summed E-state index contributed by atoms with van der Waals surface area (Å²) in [7, 11) is -2.82. The van der Waals surface area contributed by atoms with Crippen LogP contribution < -0.4 is 8.91 Å². The van der Waals surface area contributed by atoms with E-state index < -0.39 is 21.8 Å². The molecule has 0 saturated carbocycles. The minimum Gasteiger partial charge on any atom is -0.467 e. The molecule has 1 N–H and O–H groups in total. The van der Waals surface area contributed by atoms with E-state index in [0.717, 1.165) is 0 Å². The molecule has 1 heterocycles. The fourth-order valence-electron chi connectivity index (χ4n) is 1.75. The molecule has 0 unspecified atom stereocenters. The molecule has 92 valence electrons. The van der Waals surface area contributed by atoms with Crippen LogP contribution in [0.2, 0.25) is 0 Å². The first-order valence-electron chi connectivity index (χ1n) is 4.80. The minimum absolute atomic E-state index is 0.124. The Morgan fingerprint density at radius 3 is 2.71 bits per heavy atom. The van der Waals surface area contributed by atoms with Crippen LogP contribution in [0, 0.1) is 0 Å². The number of fused-ring (bicyclic) bond motifs is 1. The number of methoxy groups -OCH3 is 1. The van der Waals surface area contributed by atoms with Crippen LogP contribution in [0.3, 0.4) is 0 Å². The van der Waals surface area contributed by atoms with E-state index in [4.69, 9.17) is 4.18 Å². The molecule has 0 bridgehead atoms. The van der Waals surface area contributed by atoms with Crippen molar-refractivity contribution in [3.63, 3.8) is 0 Å². The number of ether oxygens (including phenoxy) is 1. The zero-order valence-electron chi connectivity index (χ0n) is 9.26. The van der Waals surface area contributed by atoms with Gasteiger partial charge in [0.2, 0.25) is 0 Å². The minimum atomic E-state index is -4.01. The zero-order valence-corrected chi connectivity index (χ0v) is 10.1. The van der Waals surface area contributed by atoms with E-state index in [1.807, 2.05) is 0 Å². The predicted octanol–water partition coefficient (Wildman–Crippen LogP) is 0.302. The maximum atomic E-state index is 11.7. The van der Waals surface area contributed by atoms with Gasteiger partial charge in [-0.05, 0) is 13.0 Å². The standard InChI is InChI=1S/C10H11NO5S/c1-10(9(12)15-2)7-5-3-4-6-8(7)16-17(13,14)11-10/h3-6,11H,1-2H3/t10-/m1/s1. The van der Waals surface area contributed by atoms with Crippen molar-refractivity contribution in [3.05, 3.63) is 29.8 Å². The molecule has 0 saturated heterocycles. The number of para-hydroxylation sites is 1. The summed E-state index contributed by atoms with van der Waals surface area (Å²) in [6, 6.07) is 6.39. The molecule has 0 aliphatic carbocycles. The first kappa shape index (κ1) is 11.9. The van der Waals surface area contributed by atoms with Crippen molar-refractivity contribution in [2.75, 3.05) is 7.11 Å². The number of carbonyl (C=O) groups is 1. The third-order valence-corrected chi connectivity index (χ3v) is 3.61. The van der Waals surface area contributed by atoms with Crippen LogP contribution in [0.4, 0.5) is 0 Å². The molecule has 7 heteroatoms. The Bertz CT molecular complexity index is 568. The lowest BCUT2D eigenvalue weighted by Gasteiger charge is -2.32. The van der Waals surface area contributed by atoms with Crippen molar-refractivity contribution in [3.8, 4) is 5.75 Å². The molecule has 2 rings (SSSR count). The van der Waals surface area contributed by atoms with Gasteiger partial charge in [0.15, 0.2) is 5.54 Å². The van der Waals surface area contributed by atoms with E-state index >= 15 is 0 Å². The first-order chi connectivity index (χ1) is 7.89. The Kier molecular flexibility index (Phi) is 2.59. The van der Waals surface area contributed by atoms with Crippen LogP contribution in [0.5, 0.6) is 5.75 Å². The summed E-state index contributed by atoms with van der Waals surface area (Å²) in [6.45, 7) is 1.43. The van der Waals surface area contributed by atoms with Crippen molar-refractivity contribution in [1.82, 2.24) is 4.72 Å². The maximum absolute atomic E-state index is 11.7. The highest BCUT2D eigenvalue weighted by Gasteiger charge is 2.46. The molecule has 6 nitrogen and oxygen atoms in total. The van der Waals surface area contributed by atoms with E-state index in [9.17, 15) is 13.2 Å². The van der Waals surface area contributed by atoms with Gasteiger partial charge >= 0.3 is 16.3 Å². The van der Waals surface area contributed by atoms with Crippen LogP contribution in [-0.4, -0.2) is 21.5 Å². The van der Waals surface area contributed by atoms with Gasteiger partial charge in [0.05, 0.1) is 7.11 Å². The van der Waals surface area contributed by atoms with E-state index in [0.29, 0.717) is 5.56 Å². The van der Waals surface area contributed by atoms with Gasteiger partial charge in [-0.15, -0.1) is 0 Å². The van der Waals surface area contributed by atoms with Gasteiger partial charge in [0, 0.05) is 5.56 Å². The van der Waals surface area contributed by atoms with Gasteiger partial charge in [-0.3, -0.25) is 0 Å². The number of hydrogen-bond acceptors (Lipinski definition) is 5. The molecule has 1 atom stereocenters. The second-order valence-electron chi connectivity index (χ2n) is 3.75. The van der Waals surface area contributed by atoms with Crippen molar-refractivity contribution >= 4 is 16.3 Å². The molecule has 0 fully saturated rings. The van der Waals surface area contributed by atoms with Crippen molar-refractivity contribution in [2.24, 2.45) is 0 Å². The summed E-state index contributed by atoms with van der Waals surface area (Å²) in [5.74, 6) is -0.573. The molecule has 1 aromatic rings. The van der Waals surface area contributed by atoms with E-state index in [2.05, 4.69) is 9.46 Å². The molecule has 0 spiro atoms. The number of rotatable bonds is 1. The Hall–Kier alpha value is -1.60. The second kappa shape index (κ2) is 3.71. The molecular weight excluding hydrogens is 246 g/mol. The molecule has 1 aliphatic rings. The molecule has 0 amide bonds. The Labute approximate surface area is 98.8 Å². The number of benzene rings is 1. The molecule has 0 radical (unpaired) electrons. The molecule has 17 heavy (non-hydrogen) atoms. The number of hydrogen-bond donors (Lipinski definition) is 1. The van der Waals surface area contributed by atoms with Crippen LogP contribution in [0.15, 0.2) is 24.3 Å². The maximum Gasteiger partial charge on any atom is 0.383 e. The summed E-state index contributed by atoms with van der Waals surface area (Å²) in [5.41, 5.74) is -1.05. The highest BCUT2D eigenvalue weighted by Crippen LogP contribution is 2.35. The SMILES string of the molecule is COC(=O)[C@]1(C)NS(=O)(=O)Oc2ccccc21. The fraction of sp³-hybridized carbons (Fsp3) is 0.300. The first-order valence-corrected chi connectivity index (χ1v) is 6.21. The highest BCUT2D eigenvalue weighted by molar-refractivity contribution is 7.85. The summed E-state index contributed by atoms with van der Waals surface area (Å²) >= 11 is 0. The smallest absolute Gasteiger partial charge is 0.383 e. The predicted molar refractivity (Wildman–Crippen MR) is 58.5 cm³/mol. The Morgan fingerprint density at radius 2 is 2.06 bits per heavy atom. The van der Waals surface area contributed by atoms with E-state index in [1.54, 1.807) is 18.2 Å². The van der Waals surface area contributed by atoms with Crippen molar-refractivity contribution < 1.29 is 22.1 Å². The van der Waals surface area contributed by atoms with Crippen molar-refractivity contribution in [1.29, 1.82) is 0 Å². The topological polar surface area (TPSA) is 81.7 Å². The van der Waals surface area contributed by atoms with E-state index in [-0.39, 0.29) is 5.75 Å². The number of carbonyl (C=O) groups excluding carboxylic acids is 1. The van der Waals surface area contributed by atoms with E-state index in [1.165, 1.54) is 20.1 Å². The van der Waals surface area contributed by atoms with Gasteiger partial charge in [-0.2, -0.15) is 13.1 Å². The monoisotopic (exact) mass is 257 g/mol. The summed E-state index contributed by atoms with van der Waals surface area (Å²) < 4.78 is 34.6. The summed E-state index contributed by atoms with van der Waals surface area (Å²) in [6.07, 6.45) is 0. The Balaban J connectivity index is 2.65. The Morgan fingerprint density at radius 1 is 1.41 bits per heavy atom. The van der Waals surface area contributed by atoms with Gasteiger partial charge in [0.1, 0.15) is 5.75 Å².